The topological polar surface area (TPSA) is 79.7 Å². The minimum Gasteiger partial charge on any atom is -0.507 e. The van der Waals surface area contributed by atoms with Gasteiger partial charge in [0.1, 0.15) is 17.3 Å². The maximum atomic E-state index is 15.0. The number of pyridine rings is 1. The lowest BCUT2D eigenvalue weighted by molar-refractivity contribution is -0.140. The zero-order valence-corrected chi connectivity index (χ0v) is 20.1. The summed E-state index contributed by atoms with van der Waals surface area (Å²) >= 11 is 0. The number of nitrogens with zero attached hydrogens (tertiary/aromatic N) is 2. The van der Waals surface area contributed by atoms with Crippen molar-refractivity contribution in [1.82, 2.24) is 9.88 Å². The summed E-state index contributed by atoms with van der Waals surface area (Å²) in [5.74, 6) is -2.40. The Morgan fingerprint density at radius 3 is 2.43 bits per heavy atom. The molecule has 0 saturated carbocycles. The summed E-state index contributed by atoms with van der Waals surface area (Å²) in [6, 6.07) is 15.3. The van der Waals surface area contributed by atoms with E-state index in [9.17, 15) is 14.7 Å². The van der Waals surface area contributed by atoms with Crippen molar-refractivity contribution >= 4 is 17.4 Å². The number of methoxy groups -OCH3 is 1. The Balaban J connectivity index is 1.95. The van der Waals surface area contributed by atoms with E-state index in [1.165, 1.54) is 30.2 Å². The lowest BCUT2D eigenvalue weighted by Gasteiger charge is -2.26. The van der Waals surface area contributed by atoms with Crippen LogP contribution >= 0.6 is 0 Å². The number of amides is 1. The average Bonchev–Trinajstić information content (AvgIpc) is 3.08. The van der Waals surface area contributed by atoms with E-state index in [2.05, 4.69) is 4.98 Å². The van der Waals surface area contributed by atoms with Crippen LogP contribution in [-0.4, -0.2) is 33.8 Å². The normalized spacial score (nSPS) is 17.6. The summed E-state index contributed by atoms with van der Waals surface area (Å²) in [5.41, 5.74) is 1.35. The summed E-state index contributed by atoms with van der Waals surface area (Å²) < 4.78 is 20.5. The first-order chi connectivity index (χ1) is 16.6. The number of halogens is 1. The van der Waals surface area contributed by atoms with Crippen LogP contribution in [-0.2, 0) is 21.5 Å². The highest BCUT2D eigenvalue weighted by molar-refractivity contribution is 6.46. The van der Waals surface area contributed by atoms with Gasteiger partial charge in [-0.1, -0.05) is 51.1 Å². The lowest BCUT2D eigenvalue weighted by atomic mass is 9.85. The van der Waals surface area contributed by atoms with E-state index < -0.39 is 29.3 Å². The van der Waals surface area contributed by atoms with Gasteiger partial charge in [-0.2, -0.15) is 0 Å². The van der Waals surface area contributed by atoms with Crippen molar-refractivity contribution in [2.24, 2.45) is 0 Å². The van der Waals surface area contributed by atoms with E-state index in [0.29, 0.717) is 11.4 Å². The van der Waals surface area contributed by atoms with Gasteiger partial charge in [0.15, 0.2) is 0 Å². The molecule has 35 heavy (non-hydrogen) atoms. The van der Waals surface area contributed by atoms with Gasteiger partial charge in [-0.3, -0.25) is 14.6 Å². The zero-order valence-electron chi connectivity index (χ0n) is 20.1. The molecule has 0 bridgehead atoms. The number of Topliss-reactive ketones (excluding diaryl/α,β-unsaturated/α-hetero) is 1. The summed E-state index contributed by atoms with van der Waals surface area (Å²) in [6.07, 6.45) is 1.58. The second-order valence-corrected chi connectivity index (χ2v) is 9.43. The Hall–Kier alpha value is -4.00. The van der Waals surface area contributed by atoms with Crippen LogP contribution < -0.4 is 4.74 Å². The molecule has 1 atom stereocenters. The van der Waals surface area contributed by atoms with Crippen LogP contribution in [0.25, 0.3) is 5.76 Å². The molecule has 7 heteroatoms. The van der Waals surface area contributed by atoms with Crippen LogP contribution in [0.5, 0.6) is 5.75 Å². The number of ketones is 1. The molecule has 1 amide bonds. The van der Waals surface area contributed by atoms with Crippen LogP contribution in [0.1, 0.15) is 49.2 Å². The first kappa shape index (κ1) is 24.1. The Bertz CT molecular complexity index is 1310. The molecule has 6 nitrogen and oxygen atoms in total. The summed E-state index contributed by atoms with van der Waals surface area (Å²) in [4.78, 5) is 32.0. The maximum Gasteiger partial charge on any atom is 0.296 e. The monoisotopic (exact) mass is 474 g/mol. The van der Waals surface area contributed by atoms with Crippen LogP contribution in [0.2, 0.25) is 0 Å². The third-order valence-electron chi connectivity index (χ3n) is 6.12. The molecule has 1 saturated heterocycles. The number of ether oxygens (including phenoxy) is 1. The molecule has 2 aromatic carbocycles. The number of benzene rings is 2. The summed E-state index contributed by atoms with van der Waals surface area (Å²) in [5, 5.41) is 11.5. The van der Waals surface area contributed by atoms with Crippen molar-refractivity contribution in [2.45, 2.75) is 38.8 Å². The number of hydrogen-bond acceptors (Lipinski definition) is 5. The third kappa shape index (κ3) is 4.54. The van der Waals surface area contributed by atoms with Gasteiger partial charge >= 0.3 is 0 Å². The molecule has 3 aromatic rings. The predicted octanol–water partition coefficient (Wildman–Crippen LogP) is 5.15. The number of carbonyl (C=O) groups excluding carboxylic acids is 2. The minimum atomic E-state index is -1.14. The van der Waals surface area contributed by atoms with Crippen molar-refractivity contribution in [1.29, 1.82) is 0 Å². The second kappa shape index (κ2) is 9.33. The predicted molar refractivity (Wildman–Crippen MR) is 130 cm³/mol. The van der Waals surface area contributed by atoms with Crippen LogP contribution in [0.4, 0.5) is 4.39 Å². The first-order valence-corrected chi connectivity index (χ1v) is 11.2. The van der Waals surface area contributed by atoms with Gasteiger partial charge in [-0.25, -0.2) is 4.39 Å². The van der Waals surface area contributed by atoms with Crippen molar-refractivity contribution < 1.29 is 23.8 Å². The molecule has 1 aliphatic heterocycles. The fourth-order valence-electron chi connectivity index (χ4n) is 4.23. The highest BCUT2D eigenvalue weighted by Gasteiger charge is 2.47. The Labute approximate surface area is 203 Å². The third-order valence-corrected chi connectivity index (χ3v) is 6.12. The quantitative estimate of drug-likeness (QED) is 0.314. The fourth-order valence-corrected chi connectivity index (χ4v) is 4.23. The van der Waals surface area contributed by atoms with E-state index in [0.717, 1.165) is 5.56 Å². The number of aromatic nitrogens is 1. The second-order valence-electron chi connectivity index (χ2n) is 9.43. The van der Waals surface area contributed by atoms with Crippen molar-refractivity contribution in [3.63, 3.8) is 0 Å². The zero-order chi connectivity index (χ0) is 25.3. The van der Waals surface area contributed by atoms with Gasteiger partial charge in [0.25, 0.3) is 11.7 Å². The van der Waals surface area contributed by atoms with Crippen LogP contribution in [0, 0.1) is 5.82 Å². The smallest absolute Gasteiger partial charge is 0.296 e. The minimum absolute atomic E-state index is 0.0274. The largest absolute Gasteiger partial charge is 0.507 e. The molecule has 180 valence electrons. The summed E-state index contributed by atoms with van der Waals surface area (Å²) in [7, 11) is 1.46. The standard InChI is InChI=1S/C28H27FN2O4/c1-28(2,3)17-12-13-22(35-4)20(15-17)25(32)23-24(19-10-5-6-11-21(19)29)31(27(34)26(23)33)16-18-9-7-8-14-30-18/h5-15,24,32H,16H2,1-4H3/b25-23+. The molecule has 0 spiro atoms. The van der Waals surface area contributed by atoms with Crippen molar-refractivity contribution in [2.75, 3.05) is 7.11 Å². The number of likely N-dealkylation sites (tertiary alicyclic amines) is 1. The molecule has 1 aromatic heterocycles. The molecule has 2 heterocycles. The lowest BCUT2D eigenvalue weighted by Crippen LogP contribution is -2.30. The number of aliphatic hydroxyl groups is 1. The Morgan fingerprint density at radius 2 is 1.80 bits per heavy atom. The molecule has 1 N–H and O–H groups in total. The first-order valence-electron chi connectivity index (χ1n) is 11.2. The molecular weight excluding hydrogens is 447 g/mol. The van der Waals surface area contributed by atoms with E-state index in [-0.39, 0.29) is 28.7 Å². The van der Waals surface area contributed by atoms with Gasteiger partial charge in [0.05, 0.1) is 36.5 Å². The highest BCUT2D eigenvalue weighted by atomic mass is 19.1. The van der Waals surface area contributed by atoms with E-state index in [4.69, 9.17) is 4.74 Å². The highest BCUT2D eigenvalue weighted by Crippen LogP contribution is 2.43. The average molecular weight is 475 g/mol. The van der Waals surface area contributed by atoms with Gasteiger partial charge in [-0.15, -0.1) is 0 Å². The molecule has 1 unspecified atom stereocenters. The molecule has 1 aliphatic rings. The van der Waals surface area contributed by atoms with Gasteiger partial charge in [0.2, 0.25) is 0 Å². The van der Waals surface area contributed by atoms with Gasteiger partial charge in [0, 0.05) is 11.8 Å². The molecule has 0 aliphatic carbocycles. The Kier molecular flexibility index (Phi) is 6.43. The van der Waals surface area contributed by atoms with E-state index >= 15 is 4.39 Å². The number of hydrogen-bond donors (Lipinski definition) is 1. The van der Waals surface area contributed by atoms with E-state index in [1.54, 1.807) is 42.6 Å². The fraction of sp³-hybridized carbons (Fsp3) is 0.250. The number of carbonyl (C=O) groups is 2. The maximum absolute atomic E-state index is 15.0. The molecular formula is C28H27FN2O4. The SMILES string of the molecule is COc1ccc(C(C)(C)C)cc1/C(O)=C1\C(=O)C(=O)N(Cc2ccccn2)C1c1ccccc1F. The molecule has 1 fully saturated rings. The number of aliphatic hydroxyl groups excluding tert-OH is 1. The van der Waals surface area contributed by atoms with Crippen molar-refractivity contribution in [3.8, 4) is 5.75 Å². The summed E-state index contributed by atoms with van der Waals surface area (Å²) in [6.45, 7) is 6.03. The molecule has 4 rings (SSSR count). The number of rotatable bonds is 5. The molecule has 0 radical (unpaired) electrons. The van der Waals surface area contributed by atoms with Gasteiger partial charge in [-0.05, 0) is 41.3 Å². The van der Waals surface area contributed by atoms with Crippen molar-refractivity contribution in [3.05, 3.63) is 101 Å². The van der Waals surface area contributed by atoms with Gasteiger partial charge < -0.3 is 14.7 Å². The van der Waals surface area contributed by atoms with Crippen LogP contribution in [0.3, 0.4) is 0 Å². The van der Waals surface area contributed by atoms with Crippen LogP contribution in [0.15, 0.2) is 72.4 Å². The van der Waals surface area contributed by atoms with E-state index in [1.807, 2.05) is 26.8 Å². The Morgan fingerprint density at radius 1 is 1.09 bits per heavy atom.